The Kier molecular flexibility index (Phi) is 3.65. The number of hydrogen-bond acceptors (Lipinski definition) is 3. The number of fused-ring (bicyclic) bond motifs is 1. The van der Waals surface area contributed by atoms with Crippen molar-refractivity contribution >= 4 is 11.6 Å². The van der Waals surface area contributed by atoms with Gasteiger partial charge in [-0.1, -0.05) is 6.07 Å². The van der Waals surface area contributed by atoms with Crippen molar-refractivity contribution in [2.45, 2.75) is 31.6 Å². The number of hydrogen-bond donors (Lipinski definition) is 0. The van der Waals surface area contributed by atoms with Crippen molar-refractivity contribution in [1.82, 2.24) is 9.97 Å². The van der Waals surface area contributed by atoms with Gasteiger partial charge in [-0.25, -0.2) is 4.98 Å². The summed E-state index contributed by atoms with van der Waals surface area (Å²) in [6, 6.07) is 6.27. The summed E-state index contributed by atoms with van der Waals surface area (Å²) in [6.07, 6.45) is 8.12. The van der Waals surface area contributed by atoms with Gasteiger partial charge in [0.25, 0.3) is 0 Å². The first kappa shape index (κ1) is 12.4. The molecule has 98 valence electrons. The standard InChI is InChI=1S/C15H15ClN2O/c16-8-13-9-17-10-15(18-13)19-14-6-5-11-3-1-2-4-12(11)7-14/h5-7,9-10H,1-4,8H2. The SMILES string of the molecule is ClCc1cncc(Oc2ccc3c(c2)CCCC3)n1. The molecule has 3 rings (SSSR count). The molecule has 1 aromatic heterocycles. The van der Waals surface area contributed by atoms with Crippen LogP contribution in [0.5, 0.6) is 11.6 Å². The van der Waals surface area contributed by atoms with Crippen molar-refractivity contribution in [1.29, 1.82) is 0 Å². The van der Waals surface area contributed by atoms with Crippen molar-refractivity contribution in [3.63, 3.8) is 0 Å². The number of nitrogens with zero attached hydrogens (tertiary/aromatic N) is 2. The molecule has 1 aliphatic rings. The predicted octanol–water partition coefficient (Wildman–Crippen LogP) is 3.89. The van der Waals surface area contributed by atoms with Crippen LogP contribution in [0.15, 0.2) is 30.6 Å². The van der Waals surface area contributed by atoms with Crippen molar-refractivity contribution < 1.29 is 4.74 Å². The molecule has 4 heteroatoms. The average molecular weight is 275 g/mol. The van der Waals surface area contributed by atoms with E-state index in [-0.39, 0.29) is 0 Å². The molecule has 0 amide bonds. The van der Waals surface area contributed by atoms with Gasteiger partial charge in [0.2, 0.25) is 5.88 Å². The monoisotopic (exact) mass is 274 g/mol. The molecule has 1 heterocycles. The van der Waals surface area contributed by atoms with Gasteiger partial charge >= 0.3 is 0 Å². The highest BCUT2D eigenvalue weighted by Crippen LogP contribution is 2.27. The number of halogens is 1. The maximum absolute atomic E-state index is 5.75. The first-order valence-corrected chi connectivity index (χ1v) is 7.05. The zero-order chi connectivity index (χ0) is 13.1. The lowest BCUT2D eigenvalue weighted by molar-refractivity contribution is 0.457. The maximum Gasteiger partial charge on any atom is 0.238 e. The molecule has 0 fully saturated rings. The summed E-state index contributed by atoms with van der Waals surface area (Å²) >= 11 is 5.74. The summed E-state index contributed by atoms with van der Waals surface area (Å²) in [7, 11) is 0. The van der Waals surface area contributed by atoms with E-state index < -0.39 is 0 Å². The largest absolute Gasteiger partial charge is 0.437 e. The molecule has 0 spiro atoms. The molecule has 0 saturated heterocycles. The smallest absolute Gasteiger partial charge is 0.238 e. The summed E-state index contributed by atoms with van der Waals surface area (Å²) in [6.45, 7) is 0. The number of benzene rings is 1. The Hall–Kier alpha value is -1.61. The van der Waals surface area contributed by atoms with Gasteiger partial charge in [-0.3, -0.25) is 4.98 Å². The fraction of sp³-hybridized carbons (Fsp3) is 0.333. The minimum Gasteiger partial charge on any atom is -0.437 e. The van der Waals surface area contributed by atoms with Crippen LogP contribution in [-0.2, 0) is 18.7 Å². The minimum absolute atomic E-state index is 0.342. The lowest BCUT2D eigenvalue weighted by Crippen LogP contribution is -2.02. The molecule has 3 nitrogen and oxygen atoms in total. The molecule has 0 aliphatic heterocycles. The highest BCUT2D eigenvalue weighted by Gasteiger charge is 2.10. The summed E-state index contributed by atoms with van der Waals surface area (Å²) < 4.78 is 5.75. The lowest BCUT2D eigenvalue weighted by Gasteiger charge is -2.16. The van der Waals surface area contributed by atoms with Crippen molar-refractivity contribution in [3.05, 3.63) is 47.4 Å². The summed E-state index contributed by atoms with van der Waals surface area (Å²) in [5.74, 6) is 1.66. The third kappa shape index (κ3) is 2.87. The molecule has 1 aliphatic carbocycles. The van der Waals surface area contributed by atoms with E-state index in [1.165, 1.54) is 30.4 Å². The van der Waals surface area contributed by atoms with Gasteiger partial charge in [-0.2, -0.15) is 0 Å². The van der Waals surface area contributed by atoms with Gasteiger partial charge in [0.15, 0.2) is 0 Å². The van der Waals surface area contributed by atoms with Crippen molar-refractivity contribution in [2.24, 2.45) is 0 Å². The Morgan fingerprint density at radius 2 is 1.95 bits per heavy atom. The molecule has 1 aromatic carbocycles. The van der Waals surface area contributed by atoms with E-state index in [2.05, 4.69) is 22.1 Å². The Bertz CT molecular complexity index is 586. The zero-order valence-corrected chi connectivity index (χ0v) is 11.4. The van der Waals surface area contributed by atoms with Crippen LogP contribution < -0.4 is 4.74 Å². The van der Waals surface area contributed by atoms with Gasteiger partial charge in [0.1, 0.15) is 5.75 Å². The molecule has 0 N–H and O–H groups in total. The number of alkyl halides is 1. The van der Waals surface area contributed by atoms with Crippen LogP contribution in [0.4, 0.5) is 0 Å². The zero-order valence-electron chi connectivity index (χ0n) is 10.6. The number of ether oxygens (including phenoxy) is 1. The molecule has 19 heavy (non-hydrogen) atoms. The minimum atomic E-state index is 0.342. The lowest BCUT2D eigenvalue weighted by atomic mass is 9.92. The second-order valence-electron chi connectivity index (χ2n) is 4.72. The molecule has 0 bridgehead atoms. The second kappa shape index (κ2) is 5.57. The van der Waals surface area contributed by atoms with Gasteiger partial charge in [0, 0.05) is 6.20 Å². The van der Waals surface area contributed by atoms with Crippen LogP contribution in [-0.4, -0.2) is 9.97 Å². The van der Waals surface area contributed by atoms with E-state index in [1.54, 1.807) is 12.4 Å². The van der Waals surface area contributed by atoms with Gasteiger partial charge < -0.3 is 4.74 Å². The van der Waals surface area contributed by atoms with Crippen LogP contribution in [0.2, 0.25) is 0 Å². The van der Waals surface area contributed by atoms with E-state index in [0.717, 1.165) is 17.9 Å². The third-order valence-electron chi connectivity index (χ3n) is 3.34. The second-order valence-corrected chi connectivity index (χ2v) is 4.99. The Balaban J connectivity index is 1.82. The van der Waals surface area contributed by atoms with Crippen LogP contribution in [0, 0.1) is 0 Å². The number of aromatic nitrogens is 2. The van der Waals surface area contributed by atoms with Crippen LogP contribution in [0.3, 0.4) is 0 Å². The van der Waals surface area contributed by atoms with Crippen LogP contribution >= 0.6 is 11.6 Å². The maximum atomic E-state index is 5.75. The average Bonchev–Trinajstić information content (AvgIpc) is 2.47. The fourth-order valence-electron chi connectivity index (χ4n) is 2.39. The van der Waals surface area contributed by atoms with E-state index >= 15 is 0 Å². The van der Waals surface area contributed by atoms with Crippen molar-refractivity contribution in [2.75, 3.05) is 0 Å². The van der Waals surface area contributed by atoms with E-state index in [1.807, 2.05) is 6.07 Å². The highest BCUT2D eigenvalue weighted by molar-refractivity contribution is 6.16. The third-order valence-corrected chi connectivity index (χ3v) is 3.62. The summed E-state index contributed by atoms with van der Waals surface area (Å²) in [4.78, 5) is 8.35. The van der Waals surface area contributed by atoms with Crippen LogP contribution in [0.1, 0.15) is 29.7 Å². The molecule has 0 atom stereocenters. The normalized spacial score (nSPS) is 13.9. The van der Waals surface area contributed by atoms with E-state index in [9.17, 15) is 0 Å². The fourth-order valence-corrected chi connectivity index (χ4v) is 2.52. The number of aryl methyl sites for hydroxylation is 2. The van der Waals surface area contributed by atoms with E-state index in [4.69, 9.17) is 16.3 Å². The molecule has 0 radical (unpaired) electrons. The van der Waals surface area contributed by atoms with E-state index in [0.29, 0.717) is 11.8 Å². The topological polar surface area (TPSA) is 35.0 Å². The predicted molar refractivity (Wildman–Crippen MR) is 74.7 cm³/mol. The van der Waals surface area contributed by atoms with Crippen LogP contribution in [0.25, 0.3) is 0 Å². The van der Waals surface area contributed by atoms with Crippen molar-refractivity contribution in [3.8, 4) is 11.6 Å². The van der Waals surface area contributed by atoms with Gasteiger partial charge in [-0.05, 0) is 48.9 Å². The Morgan fingerprint density at radius 3 is 2.79 bits per heavy atom. The quantitative estimate of drug-likeness (QED) is 0.797. The number of rotatable bonds is 3. The molecule has 0 unspecified atom stereocenters. The molecule has 2 aromatic rings. The summed E-state index contributed by atoms with van der Waals surface area (Å²) in [5, 5.41) is 0. The first-order chi connectivity index (χ1) is 9.35. The van der Waals surface area contributed by atoms with Gasteiger partial charge in [0.05, 0.1) is 17.8 Å². The molecule has 0 saturated carbocycles. The molecular weight excluding hydrogens is 260 g/mol. The summed E-state index contributed by atoms with van der Waals surface area (Å²) in [5.41, 5.74) is 3.56. The van der Waals surface area contributed by atoms with Gasteiger partial charge in [-0.15, -0.1) is 11.6 Å². The Labute approximate surface area is 117 Å². The molecular formula is C15H15ClN2O. The Morgan fingerprint density at radius 1 is 1.11 bits per heavy atom. The first-order valence-electron chi connectivity index (χ1n) is 6.52. The highest BCUT2D eigenvalue weighted by atomic mass is 35.5.